The van der Waals surface area contributed by atoms with Crippen LogP contribution in [0.25, 0.3) is 10.9 Å². The van der Waals surface area contributed by atoms with Crippen LogP contribution in [0.5, 0.6) is 11.5 Å². The summed E-state index contributed by atoms with van der Waals surface area (Å²) in [7, 11) is 3.10. The molecule has 0 aliphatic heterocycles. The Morgan fingerprint density at radius 2 is 1.59 bits per heavy atom. The van der Waals surface area contributed by atoms with E-state index in [-0.39, 0.29) is 18.0 Å². The first-order valence-electron chi connectivity index (χ1n) is 10.9. The molecule has 0 atom stereocenters. The van der Waals surface area contributed by atoms with Crippen molar-refractivity contribution in [3.8, 4) is 11.5 Å². The molecule has 0 saturated carbocycles. The van der Waals surface area contributed by atoms with Gasteiger partial charge in [-0.3, -0.25) is 14.2 Å². The monoisotopic (exact) mass is 457 g/mol. The molecular formula is C27H27N3O4. The molecule has 2 N–H and O–H groups in total. The molecule has 0 unspecified atom stereocenters. The summed E-state index contributed by atoms with van der Waals surface area (Å²) < 4.78 is 12.4. The van der Waals surface area contributed by atoms with Crippen LogP contribution in [-0.4, -0.2) is 24.7 Å². The van der Waals surface area contributed by atoms with Gasteiger partial charge >= 0.3 is 0 Å². The second-order valence-corrected chi connectivity index (χ2v) is 7.96. The van der Waals surface area contributed by atoms with E-state index in [1.165, 1.54) is 11.7 Å². The van der Waals surface area contributed by atoms with Gasteiger partial charge in [0.25, 0.3) is 5.56 Å². The number of carbonyl (C=O) groups is 1. The molecule has 1 aromatic heterocycles. The van der Waals surface area contributed by atoms with Crippen molar-refractivity contribution in [2.45, 2.75) is 20.0 Å². The van der Waals surface area contributed by atoms with Crippen molar-refractivity contribution in [1.29, 1.82) is 0 Å². The van der Waals surface area contributed by atoms with E-state index in [9.17, 15) is 9.59 Å². The zero-order valence-electron chi connectivity index (χ0n) is 19.4. The first-order valence-corrected chi connectivity index (χ1v) is 10.9. The van der Waals surface area contributed by atoms with Crippen LogP contribution in [0.2, 0.25) is 0 Å². The number of methoxy groups -OCH3 is 2. The number of hydrogen-bond donors (Lipinski definition) is 2. The first kappa shape index (κ1) is 22.9. The van der Waals surface area contributed by atoms with E-state index in [1.54, 1.807) is 13.2 Å². The maximum Gasteiger partial charge on any atom is 0.256 e. The van der Waals surface area contributed by atoms with Crippen LogP contribution in [0.3, 0.4) is 0 Å². The van der Waals surface area contributed by atoms with Gasteiger partial charge in [-0.15, -0.1) is 0 Å². The highest BCUT2D eigenvalue weighted by molar-refractivity contribution is 5.92. The molecule has 4 aromatic rings. The Hall–Kier alpha value is -4.26. The molecule has 7 nitrogen and oxygen atoms in total. The fourth-order valence-corrected chi connectivity index (χ4v) is 3.87. The standard InChI is InChI=1S/C27H27N3O4/c1-18-8-7-11-22(12-18)29-26(31)17-30-23-15-25(34-3)24(33-2)14-19(23)13-20(27(30)32)16-28-21-9-5-4-6-10-21/h4-15,28H,16-17H2,1-3H3,(H,29,31). The van der Waals surface area contributed by atoms with Gasteiger partial charge in [-0.1, -0.05) is 30.3 Å². The molecule has 0 fully saturated rings. The second-order valence-electron chi connectivity index (χ2n) is 7.96. The summed E-state index contributed by atoms with van der Waals surface area (Å²) in [5.41, 5.74) is 3.49. The SMILES string of the molecule is COc1cc2cc(CNc3ccccc3)c(=O)n(CC(=O)Nc3cccc(C)c3)c2cc1OC. The molecule has 0 spiro atoms. The number of anilines is 2. The lowest BCUT2D eigenvalue weighted by molar-refractivity contribution is -0.116. The molecule has 7 heteroatoms. The first-order chi connectivity index (χ1) is 16.5. The largest absolute Gasteiger partial charge is 0.493 e. The molecule has 1 amide bonds. The smallest absolute Gasteiger partial charge is 0.256 e. The second kappa shape index (κ2) is 10.1. The molecule has 1 heterocycles. The third-order valence-corrected chi connectivity index (χ3v) is 5.53. The fraction of sp³-hybridized carbons (Fsp3) is 0.185. The fourth-order valence-electron chi connectivity index (χ4n) is 3.87. The summed E-state index contributed by atoms with van der Waals surface area (Å²) in [6.07, 6.45) is 0. The minimum Gasteiger partial charge on any atom is -0.493 e. The van der Waals surface area contributed by atoms with E-state index in [1.807, 2.05) is 73.7 Å². The topological polar surface area (TPSA) is 81.6 Å². The minimum absolute atomic E-state index is 0.141. The van der Waals surface area contributed by atoms with Gasteiger partial charge in [-0.25, -0.2) is 0 Å². The molecule has 34 heavy (non-hydrogen) atoms. The van der Waals surface area contributed by atoms with E-state index in [0.29, 0.717) is 34.8 Å². The number of nitrogens with one attached hydrogen (secondary N) is 2. The lowest BCUT2D eigenvalue weighted by atomic mass is 10.1. The zero-order valence-corrected chi connectivity index (χ0v) is 19.4. The Bertz CT molecular complexity index is 1380. The number of nitrogens with zero attached hydrogens (tertiary/aromatic N) is 1. The predicted octanol–water partition coefficient (Wildman–Crippen LogP) is 4.58. The van der Waals surface area contributed by atoms with Crippen molar-refractivity contribution in [2.24, 2.45) is 0 Å². The Morgan fingerprint density at radius 1 is 0.882 bits per heavy atom. The summed E-state index contributed by atoms with van der Waals surface area (Å²) in [6, 6.07) is 22.5. The maximum absolute atomic E-state index is 13.5. The van der Waals surface area contributed by atoms with E-state index in [4.69, 9.17) is 9.47 Å². The molecule has 3 aromatic carbocycles. The van der Waals surface area contributed by atoms with Crippen LogP contribution in [0.15, 0.2) is 77.6 Å². The van der Waals surface area contributed by atoms with Crippen molar-refractivity contribution in [1.82, 2.24) is 4.57 Å². The Balaban J connectivity index is 1.74. The van der Waals surface area contributed by atoms with Crippen molar-refractivity contribution in [3.63, 3.8) is 0 Å². The van der Waals surface area contributed by atoms with Gasteiger partial charge in [-0.2, -0.15) is 0 Å². The van der Waals surface area contributed by atoms with Gasteiger partial charge in [0.2, 0.25) is 5.91 Å². The quantitative estimate of drug-likeness (QED) is 0.405. The van der Waals surface area contributed by atoms with E-state index < -0.39 is 0 Å². The Labute approximate surface area is 197 Å². The lowest BCUT2D eigenvalue weighted by Crippen LogP contribution is -2.30. The molecule has 0 bridgehead atoms. The summed E-state index contributed by atoms with van der Waals surface area (Å²) in [5, 5.41) is 6.92. The normalized spacial score (nSPS) is 10.7. The third kappa shape index (κ3) is 5.04. The number of fused-ring (bicyclic) bond motifs is 1. The number of pyridine rings is 1. The minimum atomic E-state index is -0.294. The molecule has 0 aliphatic rings. The van der Waals surface area contributed by atoms with Gasteiger partial charge in [0.05, 0.1) is 19.7 Å². The summed E-state index contributed by atoms with van der Waals surface area (Å²) in [4.78, 5) is 26.4. The van der Waals surface area contributed by atoms with Crippen LogP contribution >= 0.6 is 0 Å². The third-order valence-electron chi connectivity index (χ3n) is 5.53. The van der Waals surface area contributed by atoms with Gasteiger partial charge in [0.15, 0.2) is 11.5 Å². The summed E-state index contributed by atoms with van der Waals surface area (Å²) >= 11 is 0. The number of rotatable bonds is 8. The predicted molar refractivity (Wildman–Crippen MR) is 135 cm³/mol. The average molecular weight is 458 g/mol. The number of aromatic nitrogens is 1. The van der Waals surface area contributed by atoms with Gasteiger partial charge in [-0.05, 0) is 48.9 Å². The molecule has 174 valence electrons. The summed E-state index contributed by atoms with van der Waals surface area (Å²) in [5.74, 6) is 0.737. The number of amides is 1. The summed E-state index contributed by atoms with van der Waals surface area (Å²) in [6.45, 7) is 2.13. The Morgan fingerprint density at radius 3 is 2.29 bits per heavy atom. The van der Waals surface area contributed by atoms with Crippen LogP contribution in [0, 0.1) is 6.92 Å². The van der Waals surface area contributed by atoms with E-state index in [2.05, 4.69) is 10.6 Å². The molecule has 4 rings (SSSR count). The number of aryl methyl sites for hydroxylation is 1. The van der Waals surface area contributed by atoms with Crippen LogP contribution in [0.4, 0.5) is 11.4 Å². The van der Waals surface area contributed by atoms with Crippen molar-refractivity contribution in [2.75, 3.05) is 24.9 Å². The molecule has 0 saturated heterocycles. The number of para-hydroxylation sites is 1. The zero-order chi connectivity index (χ0) is 24.1. The highest BCUT2D eigenvalue weighted by Crippen LogP contribution is 2.32. The van der Waals surface area contributed by atoms with Gasteiger partial charge < -0.3 is 20.1 Å². The van der Waals surface area contributed by atoms with Crippen LogP contribution in [-0.2, 0) is 17.9 Å². The van der Waals surface area contributed by atoms with E-state index >= 15 is 0 Å². The van der Waals surface area contributed by atoms with Gasteiger partial charge in [0.1, 0.15) is 6.54 Å². The van der Waals surface area contributed by atoms with Crippen molar-refractivity contribution < 1.29 is 14.3 Å². The number of benzene rings is 3. The number of hydrogen-bond acceptors (Lipinski definition) is 5. The highest BCUT2D eigenvalue weighted by Gasteiger charge is 2.16. The molecule has 0 radical (unpaired) electrons. The Kier molecular flexibility index (Phi) is 6.82. The van der Waals surface area contributed by atoms with Crippen molar-refractivity contribution >= 4 is 28.2 Å². The van der Waals surface area contributed by atoms with Gasteiger partial charge in [0, 0.05) is 34.9 Å². The van der Waals surface area contributed by atoms with E-state index in [0.717, 1.165) is 16.6 Å². The highest BCUT2D eigenvalue weighted by atomic mass is 16.5. The van der Waals surface area contributed by atoms with Crippen LogP contribution in [0.1, 0.15) is 11.1 Å². The maximum atomic E-state index is 13.5. The molecular weight excluding hydrogens is 430 g/mol. The van der Waals surface area contributed by atoms with Crippen molar-refractivity contribution in [3.05, 3.63) is 94.3 Å². The number of carbonyl (C=O) groups excluding carboxylic acids is 1. The molecule has 0 aliphatic carbocycles. The van der Waals surface area contributed by atoms with Crippen LogP contribution < -0.4 is 25.7 Å². The lowest BCUT2D eigenvalue weighted by Gasteiger charge is -2.16. The average Bonchev–Trinajstić information content (AvgIpc) is 2.84. The number of ether oxygens (including phenoxy) is 2.